The van der Waals surface area contributed by atoms with Gasteiger partial charge in [-0.2, -0.15) is 0 Å². The predicted octanol–water partition coefficient (Wildman–Crippen LogP) is 15.9. The summed E-state index contributed by atoms with van der Waals surface area (Å²) in [6.45, 7) is 5.63. The van der Waals surface area contributed by atoms with Gasteiger partial charge in [0.25, 0.3) is 0 Å². The number of amides is 1. The number of allylic oxidation sites excluding steroid dienone is 15. The Bertz CT molecular complexity index is 1670. The van der Waals surface area contributed by atoms with Crippen LogP contribution in [-0.2, 0) is 23.8 Å². The number of unbranched alkanes of at least 4 members (excludes halogenated alkanes) is 26. The van der Waals surface area contributed by atoms with Crippen LogP contribution in [0.1, 0.15) is 265 Å². The third-order valence-electron chi connectivity index (χ3n) is 14.7. The molecule has 1 fully saturated rings. The number of aliphatic hydroxyl groups excluding tert-OH is 5. The zero-order valence-electron chi connectivity index (χ0n) is 50.9. The SMILES string of the molecule is CC/C=C\C/C=C\C/C=C\C/C=C\C/C=C\CCCCCCCCCCCCC(O)C(=O)NC(COC1OC(CO)C(O)C(O)C1OC(=O)CC/C=C/C/C=C\CCCCCCCC)C(O)/C=C/CCCCCCCCCCCC. The van der Waals surface area contributed by atoms with Crippen LogP contribution >= 0.6 is 0 Å². The molecule has 1 aliphatic rings. The summed E-state index contributed by atoms with van der Waals surface area (Å²) >= 11 is 0. The summed E-state index contributed by atoms with van der Waals surface area (Å²) in [5, 5.41) is 57.0. The number of hydrogen-bond donors (Lipinski definition) is 6. The number of esters is 1. The van der Waals surface area contributed by atoms with Gasteiger partial charge in [0.2, 0.25) is 5.91 Å². The Morgan fingerprint density at radius 1 is 0.500 bits per heavy atom. The van der Waals surface area contributed by atoms with Crippen LogP contribution in [0.25, 0.3) is 0 Å². The highest BCUT2D eigenvalue weighted by molar-refractivity contribution is 5.80. The number of carbonyl (C=O) groups excluding carboxylic acids is 2. The van der Waals surface area contributed by atoms with Crippen molar-refractivity contribution in [2.24, 2.45) is 0 Å². The minimum absolute atomic E-state index is 0.0144. The molecule has 1 rings (SSSR count). The molecule has 8 atom stereocenters. The van der Waals surface area contributed by atoms with Gasteiger partial charge in [-0.15, -0.1) is 0 Å². The summed E-state index contributed by atoms with van der Waals surface area (Å²) in [6.07, 6.45) is 64.7. The number of hydrogen-bond acceptors (Lipinski definition) is 10. The fourth-order valence-electron chi connectivity index (χ4n) is 9.61. The van der Waals surface area contributed by atoms with Gasteiger partial charge in [-0.1, -0.05) is 266 Å². The number of aliphatic hydroxyl groups is 5. The molecule has 0 saturated carbocycles. The summed E-state index contributed by atoms with van der Waals surface area (Å²) < 4.78 is 17.5. The number of carbonyl (C=O) groups is 2. The van der Waals surface area contributed by atoms with Crippen molar-refractivity contribution >= 4 is 11.9 Å². The fourth-order valence-corrected chi connectivity index (χ4v) is 9.61. The van der Waals surface area contributed by atoms with Crippen LogP contribution in [-0.4, -0.2) is 99.6 Å². The number of ether oxygens (including phenoxy) is 3. The van der Waals surface area contributed by atoms with E-state index in [-0.39, 0.29) is 19.4 Å². The molecule has 460 valence electrons. The summed E-state index contributed by atoms with van der Waals surface area (Å²) in [6, 6.07) is -1.04. The highest BCUT2D eigenvalue weighted by Crippen LogP contribution is 2.26. The molecule has 1 heterocycles. The van der Waals surface area contributed by atoms with E-state index in [9.17, 15) is 35.1 Å². The van der Waals surface area contributed by atoms with Gasteiger partial charge in [0.05, 0.1) is 25.4 Å². The minimum Gasteiger partial charge on any atom is -0.454 e. The van der Waals surface area contributed by atoms with E-state index in [1.54, 1.807) is 6.08 Å². The molecule has 11 heteroatoms. The second-order valence-electron chi connectivity index (χ2n) is 22.1. The van der Waals surface area contributed by atoms with E-state index in [0.29, 0.717) is 12.8 Å². The molecule has 0 aromatic rings. The van der Waals surface area contributed by atoms with E-state index in [1.807, 2.05) is 18.2 Å². The molecule has 1 aliphatic heterocycles. The maximum Gasteiger partial charge on any atom is 0.306 e. The fraction of sp³-hybridized carbons (Fsp3) is 0.739. The van der Waals surface area contributed by atoms with Crippen molar-refractivity contribution in [1.29, 1.82) is 0 Å². The van der Waals surface area contributed by atoms with E-state index >= 15 is 0 Å². The normalized spacial score (nSPS) is 19.4. The Balaban J connectivity index is 2.62. The van der Waals surface area contributed by atoms with Crippen molar-refractivity contribution in [2.45, 2.75) is 314 Å². The molecule has 1 saturated heterocycles. The molecule has 0 bridgehead atoms. The van der Waals surface area contributed by atoms with Crippen molar-refractivity contribution in [2.75, 3.05) is 13.2 Å². The van der Waals surface area contributed by atoms with Crippen LogP contribution in [0, 0.1) is 0 Å². The number of rotatable bonds is 54. The van der Waals surface area contributed by atoms with E-state index in [4.69, 9.17) is 14.2 Å². The molecule has 11 nitrogen and oxygen atoms in total. The first kappa shape index (κ1) is 74.6. The van der Waals surface area contributed by atoms with Gasteiger partial charge >= 0.3 is 5.97 Å². The van der Waals surface area contributed by atoms with Crippen LogP contribution in [0.5, 0.6) is 0 Å². The van der Waals surface area contributed by atoms with E-state index in [0.717, 1.165) is 89.9 Å². The molecular weight excluding hydrogens is 1000 g/mol. The van der Waals surface area contributed by atoms with E-state index in [2.05, 4.69) is 99.0 Å². The average Bonchev–Trinajstić information content (AvgIpc) is 3.51. The standard InChI is InChI=1S/C69H119NO10/c1-4-7-10-13-16-19-22-25-26-27-28-29-30-31-32-33-34-35-36-37-39-41-44-47-50-53-56-62(73)68(77)70-60(61(72)55-52-49-46-43-40-24-21-18-15-12-9-6-3)59-78-69-67(66(76)65(75)63(58-71)79-69)80-64(74)57-54-51-48-45-42-38-23-20-17-14-11-8-5-2/h7,10,16,19,25-26,28-29,31-32,38,42,48,51-52,55,60-63,65-67,69,71-73,75-76H,4-6,8-9,11-15,17-18,20-24,27,30,33-37,39-41,43-47,49-50,53-54,56-59H2,1-3H3,(H,70,77)/b10-7-,19-16-,26-25-,29-28-,32-31-,42-38-,51-48+,55-52+. The molecule has 0 radical (unpaired) electrons. The smallest absolute Gasteiger partial charge is 0.306 e. The van der Waals surface area contributed by atoms with Crippen LogP contribution in [0.2, 0.25) is 0 Å². The molecule has 0 aromatic carbocycles. The Kier molecular flexibility index (Phi) is 52.3. The zero-order valence-corrected chi connectivity index (χ0v) is 50.9. The maximum atomic E-state index is 13.4. The summed E-state index contributed by atoms with van der Waals surface area (Å²) in [5.41, 5.74) is 0. The summed E-state index contributed by atoms with van der Waals surface area (Å²) in [7, 11) is 0. The molecule has 6 N–H and O–H groups in total. The summed E-state index contributed by atoms with van der Waals surface area (Å²) in [4.78, 5) is 26.5. The van der Waals surface area contributed by atoms with Gasteiger partial charge in [0.15, 0.2) is 12.4 Å². The van der Waals surface area contributed by atoms with Gasteiger partial charge in [-0.25, -0.2) is 0 Å². The van der Waals surface area contributed by atoms with Crippen molar-refractivity contribution in [3.8, 4) is 0 Å². The van der Waals surface area contributed by atoms with E-state index < -0.39 is 67.4 Å². The monoisotopic (exact) mass is 1120 g/mol. The van der Waals surface area contributed by atoms with Crippen LogP contribution in [0.3, 0.4) is 0 Å². The Morgan fingerprint density at radius 2 is 0.900 bits per heavy atom. The van der Waals surface area contributed by atoms with Crippen molar-refractivity contribution in [3.05, 3.63) is 97.2 Å². The molecule has 0 aliphatic carbocycles. The van der Waals surface area contributed by atoms with Crippen LogP contribution < -0.4 is 5.32 Å². The Hall–Kier alpha value is -3.42. The van der Waals surface area contributed by atoms with Gasteiger partial charge in [-0.3, -0.25) is 9.59 Å². The Morgan fingerprint density at radius 3 is 1.35 bits per heavy atom. The highest BCUT2D eigenvalue weighted by atomic mass is 16.7. The molecule has 0 spiro atoms. The van der Waals surface area contributed by atoms with Gasteiger partial charge in [0, 0.05) is 6.42 Å². The number of nitrogens with one attached hydrogen (secondary N) is 1. The lowest BCUT2D eigenvalue weighted by molar-refractivity contribution is -0.305. The lowest BCUT2D eigenvalue weighted by atomic mass is 9.99. The predicted molar refractivity (Wildman–Crippen MR) is 333 cm³/mol. The Labute approximate surface area is 488 Å². The molecule has 1 amide bonds. The first-order valence-corrected chi connectivity index (χ1v) is 32.5. The van der Waals surface area contributed by atoms with Crippen LogP contribution in [0.15, 0.2) is 97.2 Å². The molecule has 0 aromatic heterocycles. The van der Waals surface area contributed by atoms with Crippen molar-refractivity contribution < 1.29 is 49.3 Å². The average molecular weight is 1120 g/mol. The third-order valence-corrected chi connectivity index (χ3v) is 14.7. The van der Waals surface area contributed by atoms with Gasteiger partial charge in [0.1, 0.15) is 24.4 Å². The molecular formula is C69H119NO10. The van der Waals surface area contributed by atoms with Gasteiger partial charge in [-0.05, 0) is 89.9 Å². The molecule has 8 unspecified atom stereocenters. The highest BCUT2D eigenvalue weighted by Gasteiger charge is 2.47. The lowest BCUT2D eigenvalue weighted by Crippen LogP contribution is -2.61. The van der Waals surface area contributed by atoms with Crippen molar-refractivity contribution in [1.82, 2.24) is 5.32 Å². The largest absolute Gasteiger partial charge is 0.454 e. The lowest BCUT2D eigenvalue weighted by Gasteiger charge is -2.41. The second-order valence-corrected chi connectivity index (χ2v) is 22.1. The first-order chi connectivity index (χ1) is 39.2. The molecule has 80 heavy (non-hydrogen) atoms. The first-order valence-electron chi connectivity index (χ1n) is 32.5. The third kappa shape index (κ3) is 43.3. The minimum atomic E-state index is -1.64. The van der Waals surface area contributed by atoms with Gasteiger partial charge < -0.3 is 45.1 Å². The topological polar surface area (TPSA) is 175 Å². The van der Waals surface area contributed by atoms with Crippen LogP contribution in [0.4, 0.5) is 0 Å². The van der Waals surface area contributed by atoms with E-state index in [1.165, 1.54) is 128 Å². The maximum absolute atomic E-state index is 13.4. The second kappa shape index (κ2) is 56.1. The quantitative estimate of drug-likeness (QED) is 0.0195. The zero-order chi connectivity index (χ0) is 58.2. The van der Waals surface area contributed by atoms with Crippen molar-refractivity contribution in [3.63, 3.8) is 0 Å². The summed E-state index contributed by atoms with van der Waals surface area (Å²) in [5.74, 6) is -1.27.